The Hall–Kier alpha value is -2.16. The van der Waals surface area contributed by atoms with Gasteiger partial charge < -0.3 is 19.9 Å². The third-order valence-corrected chi connectivity index (χ3v) is 1.20. The highest BCUT2D eigenvalue weighted by atomic mass is 17.0. The van der Waals surface area contributed by atoms with Crippen molar-refractivity contribution in [3.8, 4) is 0 Å². The summed E-state index contributed by atoms with van der Waals surface area (Å²) in [4.78, 5) is 48.5. The highest BCUT2D eigenvalue weighted by Crippen LogP contribution is 2.05. The highest BCUT2D eigenvalue weighted by molar-refractivity contribution is 5.80. The Kier molecular flexibility index (Phi) is 5.41. The Morgan fingerprint density at radius 1 is 1.20 bits per heavy atom. The third-order valence-electron chi connectivity index (χ3n) is 1.20. The Labute approximate surface area is 82.7 Å². The van der Waals surface area contributed by atoms with Crippen molar-refractivity contribution in [3.05, 3.63) is 0 Å². The first-order valence-corrected chi connectivity index (χ1v) is 3.47. The van der Waals surface area contributed by atoms with Crippen LogP contribution in [0.2, 0.25) is 0 Å². The first-order chi connectivity index (χ1) is 7.02. The lowest BCUT2D eigenvalue weighted by Gasteiger charge is -2.19. The molecule has 1 unspecified atom stereocenters. The quantitative estimate of drug-likeness (QED) is 0.367. The molecule has 84 valence electrons. The molecule has 0 aliphatic rings. The molecule has 0 aromatic carbocycles. The van der Waals surface area contributed by atoms with Gasteiger partial charge in [0.25, 0.3) is 0 Å². The van der Waals surface area contributed by atoms with E-state index >= 15 is 0 Å². The topological polar surface area (TPSA) is 130 Å². The third kappa shape index (κ3) is 4.57. The molecular weight excluding hydrogens is 214 g/mol. The molecule has 15 heavy (non-hydrogen) atoms. The number of carbonyl (C=O) groups excluding carboxylic acids is 2. The zero-order valence-corrected chi connectivity index (χ0v) is 7.23. The smallest absolute Gasteiger partial charge is 0.328 e. The molecule has 0 aliphatic carbocycles. The highest BCUT2D eigenvalue weighted by Gasteiger charge is 2.32. The van der Waals surface area contributed by atoms with Crippen molar-refractivity contribution in [2.45, 2.75) is 12.5 Å². The summed E-state index contributed by atoms with van der Waals surface area (Å²) in [5.41, 5.74) is 0. The molecule has 0 amide bonds. The number of aliphatic carboxylic acids is 2. The summed E-state index contributed by atoms with van der Waals surface area (Å²) < 4.78 is 0. The van der Waals surface area contributed by atoms with Crippen molar-refractivity contribution in [3.63, 3.8) is 0 Å². The van der Waals surface area contributed by atoms with Crippen LogP contribution in [0.3, 0.4) is 0 Å². The first kappa shape index (κ1) is 12.8. The zero-order valence-electron chi connectivity index (χ0n) is 7.23. The van der Waals surface area contributed by atoms with Crippen LogP contribution in [0.1, 0.15) is 6.42 Å². The van der Waals surface area contributed by atoms with Crippen LogP contribution in [-0.2, 0) is 28.9 Å². The Bertz CT molecular complexity index is 254. The minimum atomic E-state index is -1.81. The Balaban J connectivity index is 4.64. The van der Waals surface area contributed by atoms with E-state index in [0.29, 0.717) is 0 Å². The van der Waals surface area contributed by atoms with Crippen LogP contribution in [0, 0.1) is 0 Å². The molecule has 0 rings (SSSR count). The standard InChI is InChI=1S/C6H7NO8/c8-2-14-7(15-3-9)4(6(12)13)1-5(10)11/h2-4H,1H2,(H,10,11)(H,12,13). The zero-order chi connectivity index (χ0) is 11.8. The number of hydrogen-bond donors (Lipinski definition) is 2. The molecule has 0 aromatic heterocycles. The predicted molar refractivity (Wildman–Crippen MR) is 39.8 cm³/mol. The average molecular weight is 221 g/mol. The van der Waals surface area contributed by atoms with Gasteiger partial charge in [-0.2, -0.15) is 0 Å². The van der Waals surface area contributed by atoms with E-state index in [9.17, 15) is 19.2 Å². The van der Waals surface area contributed by atoms with Gasteiger partial charge in [0.05, 0.1) is 6.42 Å². The van der Waals surface area contributed by atoms with Crippen LogP contribution in [0.25, 0.3) is 0 Å². The van der Waals surface area contributed by atoms with E-state index in [0.717, 1.165) is 0 Å². The molecule has 0 heterocycles. The summed E-state index contributed by atoms with van der Waals surface area (Å²) in [5, 5.41) is 16.9. The largest absolute Gasteiger partial charge is 0.481 e. The van der Waals surface area contributed by atoms with Gasteiger partial charge in [-0.3, -0.25) is 19.2 Å². The fraction of sp³-hybridized carbons (Fsp3) is 0.333. The Morgan fingerprint density at radius 3 is 1.93 bits per heavy atom. The normalized spacial score (nSPS) is 11.5. The SMILES string of the molecule is O=CON(OC=O)C(CC(=O)O)C(=O)O. The van der Waals surface area contributed by atoms with Crippen molar-refractivity contribution in [1.82, 2.24) is 5.23 Å². The molecule has 0 aromatic rings. The van der Waals surface area contributed by atoms with Gasteiger partial charge in [0.1, 0.15) is 0 Å². The molecule has 0 fully saturated rings. The van der Waals surface area contributed by atoms with Gasteiger partial charge in [-0.15, -0.1) is 0 Å². The molecule has 1 atom stereocenters. The second kappa shape index (κ2) is 6.32. The average Bonchev–Trinajstić information content (AvgIpc) is 2.13. The van der Waals surface area contributed by atoms with E-state index in [1.807, 2.05) is 0 Å². The maximum Gasteiger partial charge on any atom is 0.328 e. The minimum absolute atomic E-state index is 0.0174. The molecule has 9 heteroatoms. The van der Waals surface area contributed by atoms with Gasteiger partial charge in [0.15, 0.2) is 6.04 Å². The molecule has 0 radical (unpaired) electrons. The number of hydrogen-bond acceptors (Lipinski definition) is 7. The summed E-state index contributed by atoms with van der Waals surface area (Å²) in [6, 6.07) is -1.81. The van der Waals surface area contributed by atoms with Gasteiger partial charge in [0.2, 0.25) is 0 Å². The van der Waals surface area contributed by atoms with Gasteiger partial charge >= 0.3 is 24.9 Å². The molecule has 0 saturated heterocycles. The van der Waals surface area contributed by atoms with E-state index in [4.69, 9.17) is 10.2 Å². The van der Waals surface area contributed by atoms with E-state index in [-0.39, 0.29) is 18.2 Å². The second-order valence-electron chi connectivity index (χ2n) is 2.14. The van der Waals surface area contributed by atoms with E-state index in [1.165, 1.54) is 0 Å². The summed E-state index contributed by atoms with van der Waals surface area (Å²) in [5.74, 6) is -3.09. The number of carboxylic acids is 2. The number of nitrogens with zero attached hydrogens (tertiary/aromatic N) is 1. The fourth-order valence-electron chi connectivity index (χ4n) is 0.674. The van der Waals surface area contributed by atoms with Crippen LogP contribution in [0.15, 0.2) is 0 Å². The van der Waals surface area contributed by atoms with E-state index in [2.05, 4.69) is 9.68 Å². The van der Waals surface area contributed by atoms with Crippen LogP contribution in [-0.4, -0.2) is 46.4 Å². The maximum atomic E-state index is 10.5. The molecule has 0 spiro atoms. The van der Waals surface area contributed by atoms with E-state index in [1.54, 1.807) is 0 Å². The van der Waals surface area contributed by atoms with Crippen LogP contribution < -0.4 is 0 Å². The lowest BCUT2D eigenvalue weighted by atomic mass is 10.2. The van der Waals surface area contributed by atoms with Crippen molar-refractivity contribution in [1.29, 1.82) is 0 Å². The number of carbonyl (C=O) groups is 4. The van der Waals surface area contributed by atoms with Crippen molar-refractivity contribution >= 4 is 24.9 Å². The van der Waals surface area contributed by atoms with Gasteiger partial charge in [-0.05, 0) is 0 Å². The van der Waals surface area contributed by atoms with Gasteiger partial charge in [-0.1, -0.05) is 0 Å². The van der Waals surface area contributed by atoms with Crippen molar-refractivity contribution < 1.29 is 39.1 Å². The van der Waals surface area contributed by atoms with Crippen molar-refractivity contribution in [2.24, 2.45) is 0 Å². The number of hydroxylamine groups is 2. The van der Waals surface area contributed by atoms with Crippen LogP contribution in [0.5, 0.6) is 0 Å². The molecule has 0 saturated carbocycles. The summed E-state index contributed by atoms with van der Waals surface area (Å²) >= 11 is 0. The van der Waals surface area contributed by atoms with Gasteiger partial charge in [0, 0.05) is 5.23 Å². The molecule has 9 nitrogen and oxygen atoms in total. The lowest BCUT2D eigenvalue weighted by molar-refractivity contribution is -0.327. The van der Waals surface area contributed by atoms with E-state index < -0.39 is 24.4 Å². The first-order valence-electron chi connectivity index (χ1n) is 3.47. The van der Waals surface area contributed by atoms with Crippen LogP contribution in [0.4, 0.5) is 0 Å². The molecule has 0 aliphatic heterocycles. The van der Waals surface area contributed by atoms with Crippen LogP contribution >= 0.6 is 0 Å². The fourth-order valence-corrected chi connectivity index (χ4v) is 0.674. The summed E-state index contributed by atoms with van der Waals surface area (Å²) in [6.45, 7) is -0.414. The summed E-state index contributed by atoms with van der Waals surface area (Å²) in [7, 11) is 0. The maximum absolute atomic E-state index is 10.5. The lowest BCUT2D eigenvalue weighted by Crippen LogP contribution is -2.42. The molecular formula is C6H7NO8. The minimum Gasteiger partial charge on any atom is -0.481 e. The monoisotopic (exact) mass is 221 g/mol. The Morgan fingerprint density at radius 2 is 1.67 bits per heavy atom. The number of rotatable bonds is 8. The molecule has 0 bridgehead atoms. The summed E-state index contributed by atoms with van der Waals surface area (Å²) in [6.07, 6.45) is -0.906. The predicted octanol–water partition coefficient (Wildman–Crippen LogP) is -1.61. The van der Waals surface area contributed by atoms with Crippen molar-refractivity contribution in [2.75, 3.05) is 0 Å². The second-order valence-corrected chi connectivity index (χ2v) is 2.14. The number of carboxylic acid groups (broad SMARTS) is 2. The van der Waals surface area contributed by atoms with Gasteiger partial charge in [-0.25, -0.2) is 0 Å². The molecule has 2 N–H and O–H groups in total.